The van der Waals surface area contributed by atoms with Crippen LogP contribution in [0.4, 0.5) is 10.9 Å². The van der Waals surface area contributed by atoms with Crippen LogP contribution in [0.2, 0.25) is 0 Å². The standard InChI is InChI=1S/C17H20N6OS2/c1-11(26-16-21-10-12(9-18)14(19)22-16)15(24)23(17-20-7-8-25-17)13-5-3-2-4-6-13/h7-8,10-11,13H,2-6H2,1H3,(H2,19,21,22)/t11-/m1/s1. The summed E-state index contributed by atoms with van der Waals surface area (Å²) in [6.07, 6.45) is 8.62. The van der Waals surface area contributed by atoms with Crippen LogP contribution in [0.1, 0.15) is 44.6 Å². The third-order valence-electron chi connectivity index (χ3n) is 4.35. The topological polar surface area (TPSA) is 109 Å². The molecule has 0 bridgehead atoms. The van der Waals surface area contributed by atoms with Crippen molar-refractivity contribution < 1.29 is 4.79 Å². The molecule has 0 saturated heterocycles. The number of hydrogen-bond acceptors (Lipinski definition) is 8. The van der Waals surface area contributed by atoms with Gasteiger partial charge in [0.1, 0.15) is 17.5 Å². The lowest BCUT2D eigenvalue weighted by molar-refractivity contribution is -0.118. The molecule has 3 rings (SSSR count). The van der Waals surface area contributed by atoms with Crippen LogP contribution >= 0.6 is 23.1 Å². The second-order valence-corrected chi connectivity index (χ2v) is 8.32. The predicted molar refractivity (Wildman–Crippen MR) is 103 cm³/mol. The molecule has 26 heavy (non-hydrogen) atoms. The van der Waals surface area contributed by atoms with Crippen molar-refractivity contribution in [3.8, 4) is 6.07 Å². The predicted octanol–water partition coefficient (Wildman–Crippen LogP) is 3.23. The van der Waals surface area contributed by atoms with Gasteiger partial charge in [-0.25, -0.2) is 15.0 Å². The smallest absolute Gasteiger partial charge is 0.242 e. The van der Waals surface area contributed by atoms with Gasteiger partial charge in [0.15, 0.2) is 10.3 Å². The first kappa shape index (κ1) is 18.6. The number of nitriles is 1. The molecule has 0 aromatic carbocycles. The van der Waals surface area contributed by atoms with Gasteiger partial charge in [0.2, 0.25) is 5.91 Å². The molecule has 7 nitrogen and oxygen atoms in total. The maximum absolute atomic E-state index is 13.2. The van der Waals surface area contributed by atoms with Crippen LogP contribution in [0.25, 0.3) is 0 Å². The molecule has 0 aliphatic heterocycles. The van der Waals surface area contributed by atoms with Gasteiger partial charge in [0.05, 0.1) is 11.4 Å². The maximum Gasteiger partial charge on any atom is 0.242 e. The molecular formula is C17H20N6OS2. The van der Waals surface area contributed by atoms with Gasteiger partial charge in [-0.15, -0.1) is 11.3 Å². The van der Waals surface area contributed by atoms with Crippen LogP contribution in [-0.2, 0) is 4.79 Å². The van der Waals surface area contributed by atoms with Gasteiger partial charge in [0, 0.05) is 17.6 Å². The lowest BCUT2D eigenvalue weighted by Crippen LogP contribution is -2.45. The Morgan fingerprint density at radius 2 is 2.19 bits per heavy atom. The van der Waals surface area contributed by atoms with Gasteiger partial charge >= 0.3 is 0 Å². The Labute approximate surface area is 160 Å². The number of nitrogen functional groups attached to an aromatic ring is 1. The lowest BCUT2D eigenvalue weighted by atomic mass is 9.94. The minimum absolute atomic E-state index is 0.00313. The third-order valence-corrected chi connectivity index (χ3v) is 6.08. The van der Waals surface area contributed by atoms with E-state index in [0.717, 1.165) is 30.8 Å². The second kappa shape index (κ2) is 8.47. The van der Waals surface area contributed by atoms with Crippen molar-refractivity contribution in [3.05, 3.63) is 23.3 Å². The Morgan fingerprint density at radius 1 is 1.42 bits per heavy atom. The molecular weight excluding hydrogens is 368 g/mol. The number of carbonyl (C=O) groups is 1. The zero-order valence-corrected chi connectivity index (χ0v) is 16.1. The van der Waals surface area contributed by atoms with Crippen molar-refractivity contribution in [1.82, 2.24) is 15.0 Å². The van der Waals surface area contributed by atoms with Gasteiger partial charge in [0.25, 0.3) is 0 Å². The Kier molecular flexibility index (Phi) is 6.06. The number of nitrogens with two attached hydrogens (primary N) is 1. The first-order valence-corrected chi connectivity index (χ1v) is 10.3. The van der Waals surface area contributed by atoms with Crippen molar-refractivity contribution in [1.29, 1.82) is 5.26 Å². The summed E-state index contributed by atoms with van der Waals surface area (Å²) in [5.74, 6) is 0.136. The Bertz CT molecular complexity index is 798. The SMILES string of the molecule is C[C@@H](Sc1ncc(C#N)c(N)n1)C(=O)N(c1nccs1)C1CCCCC1. The van der Waals surface area contributed by atoms with E-state index in [0.29, 0.717) is 5.16 Å². The van der Waals surface area contributed by atoms with E-state index < -0.39 is 0 Å². The molecule has 1 aliphatic rings. The molecule has 1 fully saturated rings. The van der Waals surface area contributed by atoms with Crippen molar-refractivity contribution in [3.63, 3.8) is 0 Å². The highest BCUT2D eigenvalue weighted by Crippen LogP contribution is 2.32. The third kappa shape index (κ3) is 4.14. The summed E-state index contributed by atoms with van der Waals surface area (Å²) in [7, 11) is 0. The summed E-state index contributed by atoms with van der Waals surface area (Å²) >= 11 is 2.73. The van der Waals surface area contributed by atoms with E-state index in [1.807, 2.05) is 23.3 Å². The number of anilines is 2. The highest BCUT2D eigenvalue weighted by molar-refractivity contribution is 8.00. The highest BCUT2D eigenvalue weighted by atomic mass is 32.2. The molecule has 1 amide bonds. The van der Waals surface area contributed by atoms with E-state index in [1.165, 1.54) is 35.7 Å². The fraction of sp³-hybridized carbons (Fsp3) is 0.471. The molecule has 2 aromatic heterocycles. The van der Waals surface area contributed by atoms with Crippen LogP contribution in [0.5, 0.6) is 0 Å². The number of rotatable bonds is 5. The van der Waals surface area contributed by atoms with E-state index in [4.69, 9.17) is 11.0 Å². The van der Waals surface area contributed by atoms with Crippen LogP contribution in [0, 0.1) is 11.3 Å². The molecule has 2 heterocycles. The van der Waals surface area contributed by atoms with Crippen molar-refractivity contribution in [2.45, 2.75) is 55.5 Å². The first-order valence-electron chi connectivity index (χ1n) is 8.52. The largest absolute Gasteiger partial charge is 0.382 e. The average Bonchev–Trinajstić information content (AvgIpc) is 3.17. The molecule has 136 valence electrons. The Hall–Kier alpha value is -2.18. The average molecular weight is 389 g/mol. The number of thiazole rings is 1. The van der Waals surface area contributed by atoms with E-state index in [9.17, 15) is 4.79 Å². The van der Waals surface area contributed by atoms with Gasteiger partial charge in [-0.2, -0.15) is 5.26 Å². The van der Waals surface area contributed by atoms with Gasteiger partial charge in [-0.3, -0.25) is 9.69 Å². The summed E-state index contributed by atoms with van der Waals surface area (Å²) in [6.45, 7) is 1.84. The van der Waals surface area contributed by atoms with Gasteiger partial charge in [-0.1, -0.05) is 31.0 Å². The number of carbonyl (C=O) groups excluding carboxylic acids is 1. The zero-order valence-electron chi connectivity index (χ0n) is 14.5. The molecule has 1 saturated carbocycles. The highest BCUT2D eigenvalue weighted by Gasteiger charge is 2.32. The molecule has 1 atom stereocenters. The summed E-state index contributed by atoms with van der Waals surface area (Å²) in [4.78, 5) is 27.7. The number of aromatic nitrogens is 3. The normalized spacial score (nSPS) is 16.0. The fourth-order valence-electron chi connectivity index (χ4n) is 3.03. The molecule has 0 spiro atoms. The number of nitrogens with zero attached hydrogens (tertiary/aromatic N) is 5. The summed E-state index contributed by atoms with van der Waals surface area (Å²) < 4.78 is 0. The van der Waals surface area contributed by atoms with Gasteiger partial charge in [-0.05, 0) is 19.8 Å². The molecule has 1 aliphatic carbocycles. The van der Waals surface area contributed by atoms with Crippen molar-refractivity contribution in [2.75, 3.05) is 10.6 Å². The maximum atomic E-state index is 13.2. The molecule has 0 unspecified atom stereocenters. The summed E-state index contributed by atoms with van der Waals surface area (Å²) in [5, 5.41) is 11.6. The van der Waals surface area contributed by atoms with Gasteiger partial charge < -0.3 is 5.73 Å². The van der Waals surface area contributed by atoms with Crippen LogP contribution in [0.15, 0.2) is 22.9 Å². The van der Waals surface area contributed by atoms with E-state index in [1.54, 1.807) is 6.20 Å². The minimum atomic E-state index is -0.381. The quantitative estimate of drug-likeness (QED) is 0.618. The minimum Gasteiger partial charge on any atom is -0.382 e. The number of amides is 1. The van der Waals surface area contributed by atoms with Crippen LogP contribution in [0.3, 0.4) is 0 Å². The molecule has 2 N–H and O–H groups in total. The fourth-order valence-corrected chi connectivity index (χ4v) is 4.54. The monoisotopic (exact) mass is 388 g/mol. The zero-order chi connectivity index (χ0) is 18.5. The molecule has 2 aromatic rings. The Balaban J connectivity index is 1.77. The molecule has 9 heteroatoms. The second-order valence-electron chi connectivity index (χ2n) is 6.14. The number of hydrogen-bond donors (Lipinski definition) is 1. The van der Waals surface area contributed by atoms with Crippen molar-refractivity contribution >= 4 is 40.0 Å². The first-order chi connectivity index (χ1) is 12.6. The summed E-state index contributed by atoms with van der Waals surface area (Å²) in [5.41, 5.74) is 5.98. The van der Waals surface area contributed by atoms with E-state index in [2.05, 4.69) is 15.0 Å². The lowest BCUT2D eigenvalue weighted by Gasteiger charge is -2.33. The van der Waals surface area contributed by atoms with E-state index >= 15 is 0 Å². The van der Waals surface area contributed by atoms with E-state index in [-0.39, 0.29) is 28.6 Å². The number of thioether (sulfide) groups is 1. The van der Waals surface area contributed by atoms with Crippen LogP contribution < -0.4 is 10.6 Å². The van der Waals surface area contributed by atoms with Crippen LogP contribution in [-0.4, -0.2) is 32.2 Å². The Morgan fingerprint density at radius 3 is 2.81 bits per heavy atom. The molecule has 0 radical (unpaired) electrons. The van der Waals surface area contributed by atoms with Crippen molar-refractivity contribution in [2.24, 2.45) is 0 Å². The summed E-state index contributed by atoms with van der Waals surface area (Å²) in [6, 6.07) is 2.13.